The molecule has 0 amide bonds. The van der Waals surface area contributed by atoms with E-state index in [1.807, 2.05) is 6.08 Å². The molecule has 1 fully saturated rings. The molecule has 0 bridgehead atoms. The highest BCUT2D eigenvalue weighted by atomic mass is 15.3. The fourth-order valence-corrected chi connectivity index (χ4v) is 2.23. The summed E-state index contributed by atoms with van der Waals surface area (Å²) in [7, 11) is 2.12. The number of nitriles is 1. The van der Waals surface area contributed by atoms with Crippen molar-refractivity contribution in [2.45, 2.75) is 38.3 Å². The van der Waals surface area contributed by atoms with Crippen LogP contribution in [0.5, 0.6) is 0 Å². The molecular formula is C13H23N3. The summed E-state index contributed by atoms with van der Waals surface area (Å²) >= 11 is 0. The largest absolute Gasteiger partial charge is 0.301 e. The predicted molar refractivity (Wildman–Crippen MR) is 67.1 cm³/mol. The molecule has 0 N–H and O–H groups in total. The second-order valence-electron chi connectivity index (χ2n) is 5.25. The topological polar surface area (TPSA) is 30.3 Å². The Kier molecular flexibility index (Phi) is 4.52. The van der Waals surface area contributed by atoms with E-state index >= 15 is 0 Å². The fraction of sp³-hybridized carbons (Fsp3) is 0.769. The van der Waals surface area contributed by atoms with E-state index < -0.39 is 0 Å². The first-order valence-corrected chi connectivity index (χ1v) is 5.94. The van der Waals surface area contributed by atoms with Gasteiger partial charge in [-0.25, -0.2) is 0 Å². The third kappa shape index (κ3) is 3.07. The lowest BCUT2D eigenvalue weighted by Crippen LogP contribution is -2.46. The maximum Gasteiger partial charge on any atom is 0.0638 e. The first-order chi connectivity index (χ1) is 7.51. The summed E-state index contributed by atoms with van der Waals surface area (Å²) in [4.78, 5) is 4.75. The van der Waals surface area contributed by atoms with Gasteiger partial charge in [0.2, 0.25) is 0 Å². The average Bonchev–Trinajstić information content (AvgIpc) is 2.32. The monoisotopic (exact) mass is 221 g/mol. The van der Waals surface area contributed by atoms with Crippen LogP contribution >= 0.6 is 0 Å². The molecule has 0 radical (unpaired) electrons. The molecule has 1 saturated heterocycles. The van der Waals surface area contributed by atoms with Crippen LogP contribution in [0.15, 0.2) is 12.7 Å². The molecular weight excluding hydrogens is 198 g/mol. The van der Waals surface area contributed by atoms with Gasteiger partial charge in [-0.3, -0.25) is 4.90 Å². The van der Waals surface area contributed by atoms with Crippen molar-refractivity contribution in [3.8, 4) is 6.07 Å². The Labute approximate surface area is 99.3 Å². The van der Waals surface area contributed by atoms with E-state index in [9.17, 15) is 0 Å². The minimum absolute atomic E-state index is 0.201. The van der Waals surface area contributed by atoms with E-state index in [2.05, 4.69) is 43.3 Å². The second-order valence-corrected chi connectivity index (χ2v) is 5.25. The molecule has 1 unspecified atom stereocenters. The summed E-state index contributed by atoms with van der Waals surface area (Å²) in [6.07, 6.45) is 3.70. The Morgan fingerprint density at radius 3 is 2.81 bits per heavy atom. The van der Waals surface area contributed by atoms with E-state index in [1.165, 1.54) is 0 Å². The molecule has 0 aromatic rings. The zero-order valence-corrected chi connectivity index (χ0v) is 10.7. The summed E-state index contributed by atoms with van der Waals surface area (Å²) < 4.78 is 0. The van der Waals surface area contributed by atoms with Crippen LogP contribution in [-0.4, -0.2) is 48.1 Å². The van der Waals surface area contributed by atoms with E-state index in [1.54, 1.807) is 0 Å². The molecule has 16 heavy (non-hydrogen) atoms. The Hall–Kier alpha value is -0.850. The smallest absolute Gasteiger partial charge is 0.0638 e. The van der Waals surface area contributed by atoms with Gasteiger partial charge in [-0.05, 0) is 33.9 Å². The third-order valence-corrected chi connectivity index (χ3v) is 3.66. The van der Waals surface area contributed by atoms with E-state index in [-0.39, 0.29) is 5.54 Å². The summed E-state index contributed by atoms with van der Waals surface area (Å²) in [6.45, 7) is 11.3. The van der Waals surface area contributed by atoms with Crippen molar-refractivity contribution in [1.29, 1.82) is 5.26 Å². The highest BCUT2D eigenvalue weighted by molar-refractivity contribution is 4.95. The van der Waals surface area contributed by atoms with Crippen LogP contribution in [0.1, 0.15) is 26.7 Å². The Morgan fingerprint density at radius 1 is 1.56 bits per heavy atom. The highest BCUT2D eigenvalue weighted by Crippen LogP contribution is 2.24. The number of rotatable bonds is 3. The zero-order valence-electron chi connectivity index (χ0n) is 10.7. The van der Waals surface area contributed by atoms with Gasteiger partial charge in [-0.1, -0.05) is 6.08 Å². The quantitative estimate of drug-likeness (QED) is 0.682. The van der Waals surface area contributed by atoms with Gasteiger partial charge >= 0.3 is 0 Å². The van der Waals surface area contributed by atoms with Gasteiger partial charge in [-0.15, -0.1) is 6.58 Å². The molecule has 1 rings (SSSR count). The summed E-state index contributed by atoms with van der Waals surface area (Å²) in [5.74, 6) is 0. The van der Waals surface area contributed by atoms with Gasteiger partial charge in [-0.2, -0.15) is 5.26 Å². The van der Waals surface area contributed by atoms with Crippen molar-refractivity contribution in [1.82, 2.24) is 9.80 Å². The predicted octanol–water partition coefficient (Wildman–Crippen LogP) is 1.87. The minimum atomic E-state index is 0.201. The van der Waals surface area contributed by atoms with Crippen molar-refractivity contribution >= 4 is 0 Å². The van der Waals surface area contributed by atoms with Crippen molar-refractivity contribution in [3.63, 3.8) is 0 Å². The average molecular weight is 221 g/mol. The van der Waals surface area contributed by atoms with Gasteiger partial charge in [0.15, 0.2) is 0 Å². The van der Waals surface area contributed by atoms with E-state index in [0.29, 0.717) is 12.5 Å². The Balaban J connectivity index is 2.79. The van der Waals surface area contributed by atoms with Gasteiger partial charge in [0, 0.05) is 24.7 Å². The minimum Gasteiger partial charge on any atom is -0.301 e. The summed E-state index contributed by atoms with van der Waals surface area (Å²) in [5, 5.41) is 8.86. The number of hydrogen-bond acceptors (Lipinski definition) is 3. The molecule has 1 heterocycles. The van der Waals surface area contributed by atoms with E-state index in [4.69, 9.17) is 5.26 Å². The summed E-state index contributed by atoms with van der Waals surface area (Å²) in [5.41, 5.74) is 0.201. The van der Waals surface area contributed by atoms with Crippen LogP contribution in [0.2, 0.25) is 0 Å². The lowest BCUT2D eigenvalue weighted by molar-refractivity contribution is 0.131. The van der Waals surface area contributed by atoms with Crippen molar-refractivity contribution in [2.75, 3.05) is 26.7 Å². The standard InChI is InChI=1S/C13H23N3/c1-5-9-16-11-12(6-8-14)15(4)10-7-13(16,2)3/h5,12H,1,6-7,9-11H2,2-4H3. The molecule has 1 atom stereocenters. The van der Waals surface area contributed by atoms with E-state index in [0.717, 1.165) is 26.1 Å². The molecule has 90 valence electrons. The van der Waals surface area contributed by atoms with Gasteiger partial charge < -0.3 is 4.90 Å². The SMILES string of the molecule is C=CCN1CC(CC#N)N(C)CCC1(C)C. The Bertz CT molecular complexity index is 277. The van der Waals surface area contributed by atoms with Crippen LogP contribution < -0.4 is 0 Å². The van der Waals surface area contributed by atoms with Crippen LogP contribution in [0.4, 0.5) is 0 Å². The van der Waals surface area contributed by atoms with Crippen LogP contribution in [0, 0.1) is 11.3 Å². The first-order valence-electron chi connectivity index (χ1n) is 5.94. The van der Waals surface area contributed by atoms with Gasteiger partial charge in [0.05, 0.1) is 12.5 Å². The molecule has 3 nitrogen and oxygen atoms in total. The van der Waals surface area contributed by atoms with Crippen LogP contribution in [-0.2, 0) is 0 Å². The summed E-state index contributed by atoms with van der Waals surface area (Å²) in [6, 6.07) is 2.64. The molecule has 0 saturated carbocycles. The zero-order chi connectivity index (χ0) is 12.2. The van der Waals surface area contributed by atoms with Crippen LogP contribution in [0.25, 0.3) is 0 Å². The second kappa shape index (κ2) is 5.47. The first kappa shape index (κ1) is 13.2. The highest BCUT2D eigenvalue weighted by Gasteiger charge is 2.32. The third-order valence-electron chi connectivity index (χ3n) is 3.66. The molecule has 1 aliphatic heterocycles. The Morgan fingerprint density at radius 2 is 2.25 bits per heavy atom. The maximum atomic E-state index is 8.86. The van der Waals surface area contributed by atoms with Crippen molar-refractivity contribution < 1.29 is 0 Å². The van der Waals surface area contributed by atoms with Crippen molar-refractivity contribution in [3.05, 3.63) is 12.7 Å². The number of hydrogen-bond donors (Lipinski definition) is 0. The normalized spacial score (nSPS) is 27.0. The molecule has 3 heteroatoms. The van der Waals surface area contributed by atoms with Gasteiger partial charge in [0.25, 0.3) is 0 Å². The molecule has 0 aromatic heterocycles. The number of likely N-dealkylation sites (N-methyl/N-ethyl adjacent to an activating group) is 1. The molecule has 0 aromatic carbocycles. The lowest BCUT2D eigenvalue weighted by Gasteiger charge is -2.37. The van der Waals surface area contributed by atoms with Crippen molar-refractivity contribution in [2.24, 2.45) is 0 Å². The lowest BCUT2D eigenvalue weighted by atomic mass is 9.98. The van der Waals surface area contributed by atoms with Gasteiger partial charge in [0.1, 0.15) is 0 Å². The molecule has 1 aliphatic rings. The fourth-order valence-electron chi connectivity index (χ4n) is 2.23. The number of nitrogens with zero attached hydrogens (tertiary/aromatic N) is 3. The van der Waals surface area contributed by atoms with Crippen LogP contribution in [0.3, 0.4) is 0 Å². The molecule has 0 spiro atoms. The molecule has 0 aliphatic carbocycles. The maximum absolute atomic E-state index is 8.86.